The fourth-order valence-electron chi connectivity index (χ4n) is 16.3. The van der Waals surface area contributed by atoms with Crippen LogP contribution in [0.2, 0.25) is 0 Å². The third kappa shape index (κ3) is 12.7. The van der Waals surface area contributed by atoms with Gasteiger partial charge in [-0.2, -0.15) is 0 Å². The third-order valence-corrected chi connectivity index (χ3v) is 21.7. The second-order valence-electron chi connectivity index (χ2n) is 26.6. The number of aliphatic hydroxyl groups is 11. The summed E-state index contributed by atoms with van der Waals surface area (Å²) in [7, 11) is 4.64. The minimum atomic E-state index is -1.94. The lowest BCUT2D eigenvalue weighted by molar-refractivity contribution is -0.362. The predicted octanol–water partition coefficient (Wildman–Crippen LogP) is 0.141. The van der Waals surface area contributed by atoms with Crippen molar-refractivity contribution in [3.05, 3.63) is 53.6 Å². The van der Waals surface area contributed by atoms with Crippen molar-refractivity contribution in [2.75, 3.05) is 34.5 Å². The molecule has 0 aromatic heterocycles. The van der Waals surface area contributed by atoms with Crippen molar-refractivity contribution in [2.45, 2.75) is 276 Å². The Morgan fingerprint density at radius 2 is 1.19 bits per heavy atom. The average molecular weight is 1270 g/mol. The molecule has 504 valence electrons. The number of carbonyl (C=O) groups is 1. The molecular weight excluding hydrogens is 1170 g/mol. The number of hydrogen-bond acceptors (Lipinski definition) is 26. The van der Waals surface area contributed by atoms with E-state index < -0.39 is 200 Å². The quantitative estimate of drug-likeness (QED) is 0.0498. The van der Waals surface area contributed by atoms with Gasteiger partial charge in [0.15, 0.2) is 31.5 Å². The molecule has 5 saturated heterocycles. The zero-order valence-corrected chi connectivity index (χ0v) is 52.2. The van der Waals surface area contributed by atoms with Crippen molar-refractivity contribution in [2.24, 2.45) is 16.7 Å². The van der Waals surface area contributed by atoms with Crippen LogP contribution in [0.5, 0.6) is 0 Å². The van der Waals surface area contributed by atoms with E-state index in [1.165, 1.54) is 20.1 Å². The summed E-state index contributed by atoms with van der Waals surface area (Å²) in [5.74, 6) is -1.26. The first-order valence-electron chi connectivity index (χ1n) is 31.5. The number of benzene rings is 1. The minimum Gasteiger partial charge on any atom is -0.458 e. The summed E-state index contributed by atoms with van der Waals surface area (Å²) in [6, 6.07) is 9.28. The van der Waals surface area contributed by atoms with Gasteiger partial charge in [0.25, 0.3) is 0 Å². The highest BCUT2D eigenvalue weighted by atomic mass is 16.8. The number of rotatable bonds is 19. The first-order chi connectivity index (χ1) is 42.2. The van der Waals surface area contributed by atoms with Gasteiger partial charge in [-0.25, -0.2) is 4.79 Å². The van der Waals surface area contributed by atoms with E-state index in [2.05, 4.69) is 6.92 Å². The monoisotopic (exact) mass is 1270 g/mol. The van der Waals surface area contributed by atoms with Gasteiger partial charge in [-0.05, 0) is 89.7 Å². The molecule has 0 bridgehead atoms. The van der Waals surface area contributed by atoms with Gasteiger partial charge in [-0.1, -0.05) is 55.8 Å². The van der Waals surface area contributed by atoms with Gasteiger partial charge in [-0.3, -0.25) is 0 Å². The molecule has 26 nitrogen and oxygen atoms in total. The number of hydrogen-bond donors (Lipinski definition) is 11. The van der Waals surface area contributed by atoms with Crippen molar-refractivity contribution in [3.63, 3.8) is 0 Å². The van der Waals surface area contributed by atoms with Crippen LogP contribution in [-0.4, -0.2) is 267 Å². The molecule has 4 aliphatic carbocycles. The molecule has 0 amide bonds. The lowest BCUT2D eigenvalue weighted by atomic mass is 9.42. The van der Waals surface area contributed by atoms with Crippen molar-refractivity contribution >= 4 is 12.0 Å². The van der Waals surface area contributed by atoms with Gasteiger partial charge >= 0.3 is 5.97 Å². The molecular formula is C63H96O26. The Bertz CT molecular complexity index is 2580. The summed E-state index contributed by atoms with van der Waals surface area (Å²) in [5, 5.41) is 123. The topological polar surface area (TPSA) is 369 Å². The molecule has 5 heterocycles. The Kier molecular flexibility index (Phi) is 21.3. The maximum Gasteiger partial charge on any atom is 0.331 e. The van der Waals surface area contributed by atoms with Gasteiger partial charge in [0, 0.05) is 52.6 Å². The highest BCUT2D eigenvalue weighted by Crippen LogP contribution is 2.71. The van der Waals surface area contributed by atoms with E-state index in [4.69, 9.17) is 66.3 Å². The van der Waals surface area contributed by atoms with Crippen molar-refractivity contribution < 1.29 is 127 Å². The highest BCUT2D eigenvalue weighted by molar-refractivity contribution is 5.87. The zero-order chi connectivity index (χ0) is 64.3. The fraction of sp³-hybridized carbons (Fsp3) is 0.825. The second kappa shape index (κ2) is 27.5. The van der Waals surface area contributed by atoms with E-state index in [1.807, 2.05) is 50.3 Å². The van der Waals surface area contributed by atoms with Crippen LogP contribution in [0.15, 0.2) is 48.1 Å². The Labute approximate surface area is 518 Å². The van der Waals surface area contributed by atoms with Crippen LogP contribution < -0.4 is 0 Å². The molecule has 0 spiro atoms. The summed E-state index contributed by atoms with van der Waals surface area (Å²) in [4.78, 5) is 13.7. The Balaban J connectivity index is 0.727. The molecule has 1 aromatic rings. The molecule has 31 atom stereocenters. The number of aliphatic hydroxyl groups excluding tert-OH is 8. The van der Waals surface area contributed by atoms with Crippen LogP contribution in [0.1, 0.15) is 111 Å². The molecule has 0 radical (unpaired) electrons. The van der Waals surface area contributed by atoms with Crippen LogP contribution in [0.4, 0.5) is 0 Å². The molecule has 2 unspecified atom stereocenters. The smallest absolute Gasteiger partial charge is 0.331 e. The van der Waals surface area contributed by atoms with Crippen LogP contribution in [0.25, 0.3) is 6.08 Å². The summed E-state index contributed by atoms with van der Waals surface area (Å²) in [5.41, 5.74) is -6.02. The highest BCUT2D eigenvalue weighted by Gasteiger charge is 2.81. The Morgan fingerprint density at radius 3 is 1.74 bits per heavy atom. The van der Waals surface area contributed by atoms with E-state index in [-0.39, 0.29) is 44.6 Å². The molecule has 8 fully saturated rings. The number of fused-ring (bicyclic) bond motifs is 5. The number of methoxy groups -OCH3 is 3. The van der Waals surface area contributed by atoms with Gasteiger partial charge in [0.1, 0.15) is 90.1 Å². The second-order valence-corrected chi connectivity index (χ2v) is 26.6. The SMILES string of the molecule is CO[C@H]1C[C@H](O[C@H]2CC[C@@]3(C)C(=CC[C@]4(O)[C@@H]3C[C@@H](OC(=O)/C=C/c3ccccc3)[C@]3(C)C(O)(C(C)O)CC[C@]43O)C2)O[C@H](C)[C@H]1O[C@H]1C[C@H](OC)[C@H](O[C@H]2C[C@@H](OC)[C@H](O[C@@H]3O[C@H](CO[C@@H]4O[C@H](CO)[C@@H](O)[C@H](O)[C@H]4O)[C@@H](O)[C@H](O)[C@H]3O)[C@@H](C)O2)[C@@H](C)O1. The predicted molar refractivity (Wildman–Crippen MR) is 307 cm³/mol. The van der Waals surface area contributed by atoms with Gasteiger partial charge in [-0.15, -0.1) is 0 Å². The van der Waals surface area contributed by atoms with E-state index in [1.54, 1.807) is 34.1 Å². The van der Waals surface area contributed by atoms with Gasteiger partial charge in [0.05, 0.1) is 67.5 Å². The minimum absolute atomic E-state index is 0.0121. The lowest BCUT2D eigenvalue weighted by Crippen LogP contribution is -2.78. The fourth-order valence-corrected chi connectivity index (χ4v) is 16.3. The normalized spacial score (nSPS) is 49.7. The summed E-state index contributed by atoms with van der Waals surface area (Å²) in [6.45, 7) is 9.40. The first kappa shape index (κ1) is 69.1. The van der Waals surface area contributed by atoms with E-state index in [0.29, 0.717) is 25.7 Å². The molecule has 10 rings (SSSR count). The van der Waals surface area contributed by atoms with Crippen LogP contribution >= 0.6 is 0 Å². The summed E-state index contributed by atoms with van der Waals surface area (Å²) in [6.07, 6.45) is -19.1. The van der Waals surface area contributed by atoms with Crippen molar-refractivity contribution in [1.29, 1.82) is 0 Å². The zero-order valence-electron chi connectivity index (χ0n) is 52.2. The van der Waals surface area contributed by atoms with Gasteiger partial charge in [0.2, 0.25) is 0 Å². The third-order valence-electron chi connectivity index (χ3n) is 21.7. The molecule has 3 saturated carbocycles. The Hall–Kier alpha value is -2.79. The van der Waals surface area contributed by atoms with Gasteiger partial charge < -0.3 is 122 Å². The maximum atomic E-state index is 13.7. The largest absolute Gasteiger partial charge is 0.458 e. The first-order valence-corrected chi connectivity index (χ1v) is 31.5. The Morgan fingerprint density at radius 1 is 0.663 bits per heavy atom. The van der Waals surface area contributed by atoms with Crippen molar-refractivity contribution in [1.82, 2.24) is 0 Å². The maximum absolute atomic E-state index is 13.7. The summed E-state index contributed by atoms with van der Waals surface area (Å²) >= 11 is 0. The van der Waals surface area contributed by atoms with Crippen molar-refractivity contribution in [3.8, 4) is 0 Å². The molecule has 11 N–H and O–H groups in total. The lowest BCUT2D eigenvalue weighted by Gasteiger charge is -2.67. The number of carbonyl (C=O) groups excluding carboxylic acids is 1. The molecule has 26 heteroatoms. The van der Waals surface area contributed by atoms with Crippen LogP contribution in [-0.2, 0) is 71.1 Å². The van der Waals surface area contributed by atoms with E-state index >= 15 is 0 Å². The summed E-state index contributed by atoms with van der Waals surface area (Å²) < 4.78 is 86.7. The van der Waals surface area contributed by atoms with E-state index in [9.17, 15) is 61.0 Å². The molecule has 1 aromatic carbocycles. The number of esters is 1. The standard InChI is InChI=1S/C63H96O26/c1-30-54(87-46-25-38(77-8)55(31(2)81-46)88-47-26-39(78-9)56(32(3)82-47)89-58-53(72)51(70)49(68)41(85-58)29-79-57-52(71)50(69)48(67)40(28-64)84-57)37(76-7)24-45(80-30)83-36-18-19-59(5)35(23-36)17-20-62(74)42(59)27-43(86-44(66)16-15-34-13-11-10-12-14-34)60(6)61(73,33(4)65)21-22-63(60,62)75/h10-17,30-33,36-43,45-58,64-65,67-75H,18-29H2,1-9H3/b16-15+/t30-,31-,32-,33?,36+,37+,38+,39-,40-,41-,42-,43-,45+,46+,47+,48-,49-,50+,51+,52-,53-,54-,55-,56-,57-,58+,59+,60-,61?,62+,63-/m1/s1. The molecule has 89 heavy (non-hydrogen) atoms. The average Bonchev–Trinajstić information content (AvgIpc) is 1.61. The van der Waals surface area contributed by atoms with E-state index in [0.717, 1.165) is 11.1 Å². The van der Waals surface area contributed by atoms with Crippen LogP contribution in [0, 0.1) is 16.7 Å². The molecule has 9 aliphatic rings. The number of ether oxygens (including phenoxy) is 14. The molecule has 5 aliphatic heterocycles. The van der Waals surface area contributed by atoms with Crippen LogP contribution in [0.3, 0.4) is 0 Å².